The van der Waals surface area contributed by atoms with E-state index in [1.165, 1.54) is 0 Å². The number of aryl methyl sites for hydroxylation is 1. The highest BCUT2D eigenvalue weighted by Gasteiger charge is 2.08. The summed E-state index contributed by atoms with van der Waals surface area (Å²) < 4.78 is 11.0. The van der Waals surface area contributed by atoms with Crippen molar-refractivity contribution in [3.05, 3.63) is 59.2 Å². The van der Waals surface area contributed by atoms with Crippen molar-refractivity contribution in [2.24, 2.45) is 10.9 Å². The summed E-state index contributed by atoms with van der Waals surface area (Å²) in [7, 11) is 3.44. The Hall–Kier alpha value is -3.06. The quantitative estimate of drug-likeness (QED) is 0.281. The zero-order valence-corrected chi connectivity index (χ0v) is 19.8. The van der Waals surface area contributed by atoms with E-state index >= 15 is 0 Å². The highest BCUT2D eigenvalue weighted by molar-refractivity contribution is 5.92. The van der Waals surface area contributed by atoms with Gasteiger partial charge >= 0.3 is 0 Å². The Balaban J connectivity index is 1.87. The average Bonchev–Trinajstić information content (AvgIpc) is 2.78. The van der Waals surface area contributed by atoms with Gasteiger partial charge in [0.25, 0.3) is 0 Å². The van der Waals surface area contributed by atoms with Crippen molar-refractivity contribution in [2.45, 2.75) is 40.3 Å². The van der Waals surface area contributed by atoms with Gasteiger partial charge in [0, 0.05) is 57.4 Å². The molecule has 2 aromatic carbocycles. The van der Waals surface area contributed by atoms with Crippen LogP contribution < -0.4 is 20.7 Å². The Morgan fingerprint density at radius 1 is 1.03 bits per heavy atom. The molecule has 0 aliphatic heterocycles. The first-order chi connectivity index (χ1) is 15.4. The molecule has 7 heteroatoms. The van der Waals surface area contributed by atoms with Crippen LogP contribution >= 0.6 is 0 Å². The van der Waals surface area contributed by atoms with Crippen LogP contribution in [0.4, 0.5) is 5.69 Å². The lowest BCUT2D eigenvalue weighted by Crippen LogP contribution is -2.36. The van der Waals surface area contributed by atoms with E-state index in [9.17, 15) is 4.79 Å². The molecule has 0 aliphatic rings. The molecule has 32 heavy (non-hydrogen) atoms. The number of amides is 1. The second-order valence-electron chi connectivity index (χ2n) is 7.93. The highest BCUT2D eigenvalue weighted by Crippen LogP contribution is 2.20. The lowest BCUT2D eigenvalue weighted by molar-refractivity contribution is -0.118. The SMILES string of the molecule is CN=C(NCc1ccc(NC(=O)C(C)C)cc1)NCc1ccc(C)cc1OCCCOC. The van der Waals surface area contributed by atoms with Crippen LogP contribution in [-0.2, 0) is 22.6 Å². The molecular weight excluding hydrogens is 404 g/mol. The molecule has 0 spiro atoms. The fraction of sp³-hybridized carbons (Fsp3) is 0.440. The molecule has 0 aromatic heterocycles. The van der Waals surface area contributed by atoms with Gasteiger partial charge < -0.3 is 25.4 Å². The van der Waals surface area contributed by atoms with Crippen molar-refractivity contribution < 1.29 is 14.3 Å². The van der Waals surface area contributed by atoms with Gasteiger partial charge in [0.2, 0.25) is 5.91 Å². The number of guanidine groups is 1. The van der Waals surface area contributed by atoms with Crippen molar-refractivity contribution in [3.63, 3.8) is 0 Å². The topological polar surface area (TPSA) is 84.0 Å². The number of nitrogens with zero attached hydrogens (tertiary/aromatic N) is 1. The van der Waals surface area contributed by atoms with Crippen LogP contribution in [0, 0.1) is 12.8 Å². The monoisotopic (exact) mass is 440 g/mol. The van der Waals surface area contributed by atoms with Crippen molar-refractivity contribution in [3.8, 4) is 5.75 Å². The number of methoxy groups -OCH3 is 1. The fourth-order valence-electron chi connectivity index (χ4n) is 2.91. The van der Waals surface area contributed by atoms with E-state index in [2.05, 4.69) is 46.1 Å². The van der Waals surface area contributed by atoms with Gasteiger partial charge in [-0.1, -0.05) is 38.1 Å². The number of ether oxygens (including phenoxy) is 2. The maximum atomic E-state index is 11.8. The van der Waals surface area contributed by atoms with Crippen LogP contribution in [0.3, 0.4) is 0 Å². The number of benzene rings is 2. The summed E-state index contributed by atoms with van der Waals surface area (Å²) in [5.74, 6) is 1.55. The second kappa shape index (κ2) is 13.4. The van der Waals surface area contributed by atoms with Gasteiger partial charge in [0.1, 0.15) is 5.75 Å². The van der Waals surface area contributed by atoms with Gasteiger partial charge in [-0.15, -0.1) is 0 Å². The van der Waals surface area contributed by atoms with Crippen molar-refractivity contribution >= 4 is 17.6 Å². The normalized spacial score (nSPS) is 11.4. The number of carbonyl (C=O) groups is 1. The van der Waals surface area contributed by atoms with Crippen LogP contribution in [0.5, 0.6) is 5.75 Å². The zero-order chi connectivity index (χ0) is 23.3. The Morgan fingerprint density at radius 3 is 2.41 bits per heavy atom. The molecule has 0 saturated carbocycles. The first kappa shape index (κ1) is 25.2. The van der Waals surface area contributed by atoms with E-state index in [1.54, 1.807) is 14.2 Å². The third-order valence-corrected chi connectivity index (χ3v) is 4.85. The average molecular weight is 441 g/mol. The van der Waals surface area contributed by atoms with E-state index in [1.807, 2.05) is 38.1 Å². The van der Waals surface area contributed by atoms with Gasteiger partial charge in [-0.25, -0.2) is 0 Å². The molecular formula is C25H36N4O3. The van der Waals surface area contributed by atoms with E-state index in [-0.39, 0.29) is 11.8 Å². The van der Waals surface area contributed by atoms with Gasteiger partial charge in [-0.3, -0.25) is 9.79 Å². The lowest BCUT2D eigenvalue weighted by Gasteiger charge is -2.16. The predicted molar refractivity (Wildman–Crippen MR) is 130 cm³/mol. The van der Waals surface area contributed by atoms with E-state index in [4.69, 9.17) is 9.47 Å². The summed E-state index contributed by atoms with van der Waals surface area (Å²) in [6, 6.07) is 14.0. The molecule has 174 valence electrons. The molecule has 0 fully saturated rings. The zero-order valence-electron chi connectivity index (χ0n) is 19.8. The Kier molecular flexibility index (Phi) is 10.5. The van der Waals surface area contributed by atoms with Crippen molar-refractivity contribution in [1.29, 1.82) is 0 Å². The first-order valence-corrected chi connectivity index (χ1v) is 11.0. The Bertz CT molecular complexity index is 879. The molecule has 7 nitrogen and oxygen atoms in total. The van der Waals surface area contributed by atoms with E-state index in [0.717, 1.165) is 34.5 Å². The van der Waals surface area contributed by atoms with Gasteiger partial charge in [-0.05, 0) is 36.2 Å². The number of aliphatic imine (C=N–C) groups is 1. The van der Waals surface area contributed by atoms with Crippen LogP contribution in [0.15, 0.2) is 47.5 Å². The lowest BCUT2D eigenvalue weighted by atomic mass is 10.1. The molecule has 1 amide bonds. The van der Waals surface area contributed by atoms with Crippen LogP contribution in [0.1, 0.15) is 37.0 Å². The smallest absolute Gasteiger partial charge is 0.226 e. The van der Waals surface area contributed by atoms with E-state index in [0.29, 0.717) is 32.3 Å². The highest BCUT2D eigenvalue weighted by atomic mass is 16.5. The number of hydrogen-bond donors (Lipinski definition) is 3. The van der Waals surface area contributed by atoms with Crippen LogP contribution in [0.2, 0.25) is 0 Å². The standard InChI is InChI=1S/C25H36N4O3/c1-18(2)24(30)29-22-11-8-20(9-12-22)16-27-25(26-4)28-17-21-10-7-19(3)15-23(21)32-14-6-13-31-5/h7-12,15,18H,6,13-14,16-17H2,1-5H3,(H,29,30)(H2,26,27,28). The maximum absolute atomic E-state index is 11.8. The Morgan fingerprint density at radius 2 is 1.75 bits per heavy atom. The van der Waals surface area contributed by atoms with Gasteiger partial charge in [0.15, 0.2) is 5.96 Å². The molecule has 2 rings (SSSR count). The van der Waals surface area contributed by atoms with Crippen LogP contribution in [-0.4, -0.2) is 39.2 Å². The predicted octanol–water partition coefficient (Wildman–Crippen LogP) is 3.87. The summed E-state index contributed by atoms with van der Waals surface area (Å²) in [5.41, 5.74) is 4.12. The van der Waals surface area contributed by atoms with Gasteiger partial charge in [0.05, 0.1) is 6.61 Å². The summed E-state index contributed by atoms with van der Waals surface area (Å²) in [6.45, 7) is 8.32. The molecule has 0 saturated heterocycles. The summed E-state index contributed by atoms with van der Waals surface area (Å²) in [5, 5.41) is 9.56. The van der Waals surface area contributed by atoms with E-state index < -0.39 is 0 Å². The number of rotatable bonds is 11. The molecule has 0 aliphatic carbocycles. The summed E-state index contributed by atoms with van der Waals surface area (Å²) in [6.07, 6.45) is 0.848. The number of anilines is 1. The molecule has 0 bridgehead atoms. The minimum atomic E-state index is -0.0458. The Labute approximate surface area is 191 Å². The number of nitrogens with one attached hydrogen (secondary N) is 3. The number of carbonyl (C=O) groups excluding carboxylic acids is 1. The van der Waals surface area contributed by atoms with Crippen molar-refractivity contribution in [1.82, 2.24) is 10.6 Å². The van der Waals surface area contributed by atoms with Crippen LogP contribution in [0.25, 0.3) is 0 Å². The molecule has 0 radical (unpaired) electrons. The molecule has 0 atom stereocenters. The summed E-state index contributed by atoms with van der Waals surface area (Å²) in [4.78, 5) is 16.1. The third-order valence-electron chi connectivity index (χ3n) is 4.85. The fourth-order valence-corrected chi connectivity index (χ4v) is 2.91. The minimum Gasteiger partial charge on any atom is -0.493 e. The molecule has 0 unspecified atom stereocenters. The molecule has 2 aromatic rings. The minimum absolute atomic E-state index is 0.0126. The number of hydrogen-bond acceptors (Lipinski definition) is 4. The molecule has 3 N–H and O–H groups in total. The summed E-state index contributed by atoms with van der Waals surface area (Å²) >= 11 is 0. The molecule has 0 heterocycles. The maximum Gasteiger partial charge on any atom is 0.226 e. The van der Waals surface area contributed by atoms with Crippen molar-refractivity contribution in [2.75, 3.05) is 32.7 Å². The largest absolute Gasteiger partial charge is 0.493 e. The second-order valence-corrected chi connectivity index (χ2v) is 7.93. The first-order valence-electron chi connectivity index (χ1n) is 11.0. The third kappa shape index (κ3) is 8.59. The van der Waals surface area contributed by atoms with Gasteiger partial charge in [-0.2, -0.15) is 0 Å².